The van der Waals surface area contributed by atoms with Crippen LogP contribution >= 0.6 is 11.3 Å². The van der Waals surface area contributed by atoms with E-state index in [1.807, 2.05) is 23.6 Å². The van der Waals surface area contributed by atoms with Crippen LogP contribution in [0, 0.1) is 5.82 Å². The van der Waals surface area contributed by atoms with Crippen LogP contribution < -0.4 is 15.4 Å². The number of carbonyl (C=O) groups excluding carboxylic acids is 1. The maximum atomic E-state index is 14.2. The molecule has 6 nitrogen and oxygen atoms in total. The number of halogens is 1. The van der Waals surface area contributed by atoms with E-state index in [0.29, 0.717) is 23.7 Å². The molecule has 3 aromatic rings. The Morgan fingerprint density at radius 1 is 1.36 bits per heavy atom. The van der Waals surface area contributed by atoms with Crippen LogP contribution in [0.15, 0.2) is 41.9 Å². The smallest absolute Gasteiger partial charge is 0.262 e. The highest BCUT2D eigenvalue weighted by Gasteiger charge is 2.19. The summed E-state index contributed by atoms with van der Waals surface area (Å²) in [6.45, 7) is 0.295. The Bertz CT molecular complexity index is 930. The summed E-state index contributed by atoms with van der Waals surface area (Å²) in [6, 6.07) is 8.43. The highest BCUT2D eigenvalue weighted by molar-refractivity contribution is 7.13. The van der Waals surface area contributed by atoms with Gasteiger partial charge in [0, 0.05) is 23.7 Å². The van der Waals surface area contributed by atoms with Gasteiger partial charge in [-0.1, -0.05) is 6.07 Å². The van der Waals surface area contributed by atoms with Crippen LogP contribution in [-0.2, 0) is 11.3 Å². The minimum absolute atomic E-state index is 0.0718. The molecule has 2 N–H and O–H groups in total. The number of fused-ring (bicyclic) bond motifs is 1. The zero-order valence-electron chi connectivity index (χ0n) is 13.0. The van der Waals surface area contributed by atoms with E-state index in [1.54, 1.807) is 6.20 Å². The van der Waals surface area contributed by atoms with Crippen molar-refractivity contribution in [2.75, 3.05) is 17.2 Å². The summed E-state index contributed by atoms with van der Waals surface area (Å²) in [7, 11) is 0. The number of carbonyl (C=O) groups is 1. The number of amides is 1. The molecule has 1 aliphatic rings. The summed E-state index contributed by atoms with van der Waals surface area (Å²) in [5.74, 6) is -0.321. The van der Waals surface area contributed by atoms with E-state index in [1.165, 1.54) is 23.5 Å². The Labute approximate surface area is 146 Å². The van der Waals surface area contributed by atoms with Gasteiger partial charge < -0.3 is 15.4 Å². The Balaban J connectivity index is 1.49. The molecule has 2 aromatic heterocycles. The molecule has 25 heavy (non-hydrogen) atoms. The number of hydrogen-bond donors (Lipinski definition) is 2. The first-order valence-electron chi connectivity index (χ1n) is 7.55. The van der Waals surface area contributed by atoms with E-state index in [9.17, 15) is 9.18 Å². The summed E-state index contributed by atoms with van der Waals surface area (Å²) in [4.78, 5) is 20.0. The van der Waals surface area contributed by atoms with Crippen molar-refractivity contribution in [2.24, 2.45) is 0 Å². The second-order valence-electron chi connectivity index (χ2n) is 5.38. The van der Waals surface area contributed by atoms with Crippen LogP contribution in [0.4, 0.5) is 15.8 Å². The molecule has 3 heterocycles. The molecule has 0 saturated carbocycles. The molecular formula is C17H13FN4O2S. The van der Waals surface area contributed by atoms with Gasteiger partial charge in [-0.3, -0.25) is 9.78 Å². The quantitative estimate of drug-likeness (QED) is 0.750. The van der Waals surface area contributed by atoms with Gasteiger partial charge in [-0.25, -0.2) is 9.37 Å². The minimum atomic E-state index is -0.468. The zero-order chi connectivity index (χ0) is 17.2. The van der Waals surface area contributed by atoms with Crippen molar-refractivity contribution in [3.8, 4) is 16.5 Å². The van der Waals surface area contributed by atoms with Gasteiger partial charge in [-0.05, 0) is 12.1 Å². The van der Waals surface area contributed by atoms with Crippen LogP contribution in [0.2, 0.25) is 0 Å². The highest BCUT2D eigenvalue weighted by Crippen LogP contribution is 2.33. The molecule has 1 amide bonds. The molecule has 0 bridgehead atoms. The maximum Gasteiger partial charge on any atom is 0.262 e. The third-order valence-electron chi connectivity index (χ3n) is 3.60. The molecule has 0 saturated heterocycles. The molecule has 1 aliphatic heterocycles. The number of pyridine rings is 1. The number of hydrogen-bond acceptors (Lipinski definition) is 6. The highest BCUT2D eigenvalue weighted by atomic mass is 32.1. The fraction of sp³-hybridized carbons (Fsp3) is 0.118. The third kappa shape index (κ3) is 3.29. The van der Waals surface area contributed by atoms with Crippen LogP contribution in [0.1, 0.15) is 5.69 Å². The van der Waals surface area contributed by atoms with E-state index in [2.05, 4.69) is 20.6 Å². The van der Waals surface area contributed by atoms with Crippen LogP contribution in [0.25, 0.3) is 10.7 Å². The van der Waals surface area contributed by atoms with Gasteiger partial charge in [0.05, 0.1) is 29.3 Å². The van der Waals surface area contributed by atoms with Gasteiger partial charge in [0.15, 0.2) is 6.61 Å². The first-order valence-corrected chi connectivity index (χ1v) is 8.43. The first kappa shape index (κ1) is 15.5. The fourth-order valence-corrected chi connectivity index (χ4v) is 3.21. The molecule has 0 spiro atoms. The van der Waals surface area contributed by atoms with Crippen molar-refractivity contribution in [1.82, 2.24) is 9.97 Å². The monoisotopic (exact) mass is 356 g/mol. The predicted octanol–water partition coefficient (Wildman–Crippen LogP) is 3.29. The Hall–Kier alpha value is -3.00. The van der Waals surface area contributed by atoms with Gasteiger partial charge in [0.1, 0.15) is 16.6 Å². The average molecular weight is 356 g/mol. The Kier molecular flexibility index (Phi) is 4.02. The molecule has 4 rings (SSSR count). The van der Waals surface area contributed by atoms with E-state index < -0.39 is 5.82 Å². The number of benzene rings is 1. The van der Waals surface area contributed by atoms with E-state index in [4.69, 9.17) is 4.74 Å². The van der Waals surface area contributed by atoms with Crippen molar-refractivity contribution in [1.29, 1.82) is 0 Å². The first-order chi connectivity index (χ1) is 12.2. The molecule has 8 heteroatoms. The fourth-order valence-electron chi connectivity index (χ4n) is 2.42. The van der Waals surface area contributed by atoms with E-state index in [0.717, 1.165) is 16.4 Å². The van der Waals surface area contributed by atoms with Crippen molar-refractivity contribution >= 4 is 28.6 Å². The summed E-state index contributed by atoms with van der Waals surface area (Å²) in [6.07, 6.45) is 1.72. The molecule has 0 radical (unpaired) electrons. The number of ether oxygens (including phenoxy) is 1. The topological polar surface area (TPSA) is 76.1 Å². The number of nitrogens with zero attached hydrogens (tertiary/aromatic N) is 2. The van der Waals surface area contributed by atoms with Gasteiger partial charge >= 0.3 is 0 Å². The molecular weight excluding hydrogens is 343 g/mol. The third-order valence-corrected chi connectivity index (χ3v) is 4.51. The molecule has 126 valence electrons. The molecule has 0 atom stereocenters. The number of nitrogens with one attached hydrogen (secondary N) is 2. The second-order valence-corrected chi connectivity index (χ2v) is 6.24. The lowest BCUT2D eigenvalue weighted by Gasteiger charge is -2.19. The molecule has 0 unspecified atom stereocenters. The lowest BCUT2D eigenvalue weighted by molar-refractivity contribution is -0.118. The average Bonchev–Trinajstić information content (AvgIpc) is 3.10. The van der Waals surface area contributed by atoms with Crippen LogP contribution in [0.5, 0.6) is 5.75 Å². The molecule has 0 fully saturated rings. The maximum absolute atomic E-state index is 14.2. The van der Waals surface area contributed by atoms with E-state index in [-0.39, 0.29) is 12.5 Å². The van der Waals surface area contributed by atoms with Gasteiger partial charge in [0.25, 0.3) is 5.91 Å². The van der Waals surface area contributed by atoms with Crippen molar-refractivity contribution in [3.05, 3.63) is 53.4 Å². The predicted molar refractivity (Wildman–Crippen MR) is 93.2 cm³/mol. The van der Waals surface area contributed by atoms with Gasteiger partial charge in [-0.15, -0.1) is 11.3 Å². The number of rotatable bonds is 4. The molecule has 1 aromatic carbocycles. The second kappa shape index (κ2) is 6.48. The Morgan fingerprint density at radius 2 is 2.28 bits per heavy atom. The summed E-state index contributed by atoms with van der Waals surface area (Å²) >= 11 is 1.49. The molecule has 0 aliphatic carbocycles. The minimum Gasteiger partial charge on any atom is -0.481 e. The van der Waals surface area contributed by atoms with Crippen LogP contribution in [-0.4, -0.2) is 22.5 Å². The van der Waals surface area contributed by atoms with Crippen molar-refractivity contribution < 1.29 is 13.9 Å². The van der Waals surface area contributed by atoms with Gasteiger partial charge in [0.2, 0.25) is 0 Å². The summed E-state index contributed by atoms with van der Waals surface area (Å²) in [5.41, 5.74) is 2.23. The van der Waals surface area contributed by atoms with Crippen molar-refractivity contribution in [3.63, 3.8) is 0 Å². The normalized spacial score (nSPS) is 12.9. The van der Waals surface area contributed by atoms with Crippen molar-refractivity contribution in [2.45, 2.75) is 6.54 Å². The number of aromatic nitrogens is 2. The summed E-state index contributed by atoms with van der Waals surface area (Å²) < 4.78 is 19.5. The van der Waals surface area contributed by atoms with E-state index >= 15 is 0 Å². The summed E-state index contributed by atoms with van der Waals surface area (Å²) in [5, 5.41) is 8.31. The number of thiazole rings is 1. The SMILES string of the molecule is O=C1COc2cc(NCc3csc(-c4ccccn4)n3)c(F)cc2N1. The lowest BCUT2D eigenvalue weighted by atomic mass is 10.2. The Morgan fingerprint density at radius 3 is 3.12 bits per heavy atom. The lowest BCUT2D eigenvalue weighted by Crippen LogP contribution is -2.25. The standard InChI is InChI=1S/C17H13FN4O2S/c18-11-5-14-15(24-8-16(23)22-14)6-13(11)20-7-10-9-25-17(21-10)12-3-1-2-4-19-12/h1-6,9,20H,7-8H2,(H,22,23). The number of anilines is 2. The van der Waals surface area contributed by atoms with Gasteiger partial charge in [-0.2, -0.15) is 0 Å². The zero-order valence-corrected chi connectivity index (χ0v) is 13.8. The largest absolute Gasteiger partial charge is 0.481 e. The van der Waals surface area contributed by atoms with Crippen LogP contribution in [0.3, 0.4) is 0 Å².